The molecule has 32 heavy (non-hydrogen) atoms. The molecule has 2 aromatic carbocycles. The normalized spacial score (nSPS) is 12.7. The lowest BCUT2D eigenvalue weighted by atomic mass is 10.1. The summed E-state index contributed by atoms with van der Waals surface area (Å²) in [5.74, 6) is 0.894. The van der Waals surface area contributed by atoms with Gasteiger partial charge in [0.05, 0.1) is 25.0 Å². The van der Waals surface area contributed by atoms with Crippen LogP contribution in [-0.4, -0.2) is 46.6 Å². The van der Waals surface area contributed by atoms with Gasteiger partial charge in [-0.3, -0.25) is 19.5 Å². The number of fused-ring (bicyclic) bond motifs is 1. The zero-order valence-electron chi connectivity index (χ0n) is 17.4. The summed E-state index contributed by atoms with van der Waals surface area (Å²) < 4.78 is 5.13. The predicted molar refractivity (Wildman–Crippen MR) is 117 cm³/mol. The number of ether oxygens (including phenoxy) is 1. The Balaban J connectivity index is 1.28. The van der Waals surface area contributed by atoms with Crippen molar-refractivity contribution in [2.75, 3.05) is 23.9 Å². The molecule has 0 radical (unpaired) electrons. The average molecular weight is 434 g/mol. The van der Waals surface area contributed by atoms with Crippen LogP contribution in [0.1, 0.15) is 18.7 Å². The summed E-state index contributed by atoms with van der Waals surface area (Å²) in [5.41, 5.74) is 2.03. The number of hydrogen-bond donors (Lipinski definition) is 3. The minimum atomic E-state index is -0.296. The maximum atomic E-state index is 12.6. The fourth-order valence-electron chi connectivity index (χ4n) is 3.33. The van der Waals surface area contributed by atoms with Crippen LogP contribution in [0.25, 0.3) is 11.4 Å². The molecule has 0 spiro atoms. The van der Waals surface area contributed by atoms with E-state index in [1.54, 1.807) is 31.4 Å². The van der Waals surface area contributed by atoms with E-state index in [9.17, 15) is 14.4 Å². The van der Waals surface area contributed by atoms with Gasteiger partial charge in [0.15, 0.2) is 5.82 Å². The molecule has 2 heterocycles. The molecule has 0 bridgehead atoms. The summed E-state index contributed by atoms with van der Waals surface area (Å²) in [6.07, 6.45) is -0.0143. The van der Waals surface area contributed by atoms with Gasteiger partial charge >= 0.3 is 0 Å². The highest BCUT2D eigenvalue weighted by atomic mass is 16.5. The number of anilines is 2. The zero-order valence-corrected chi connectivity index (χ0v) is 17.4. The molecule has 0 unspecified atom stereocenters. The second-order valence-corrected chi connectivity index (χ2v) is 7.16. The van der Waals surface area contributed by atoms with E-state index < -0.39 is 0 Å². The molecule has 3 aromatic rings. The average Bonchev–Trinajstić information content (AvgIpc) is 3.29. The van der Waals surface area contributed by atoms with Crippen LogP contribution in [0.5, 0.6) is 5.75 Å². The van der Waals surface area contributed by atoms with Crippen LogP contribution in [0.3, 0.4) is 0 Å². The highest BCUT2D eigenvalue weighted by molar-refractivity contribution is 6.10. The smallest absolute Gasteiger partial charge is 0.244 e. The second-order valence-electron chi connectivity index (χ2n) is 7.16. The Morgan fingerprint density at radius 1 is 1.12 bits per heavy atom. The van der Waals surface area contributed by atoms with Crippen LogP contribution in [0, 0.1) is 0 Å². The summed E-state index contributed by atoms with van der Waals surface area (Å²) in [5, 5.41) is 12.4. The quantitative estimate of drug-likeness (QED) is 0.521. The Labute approximate surface area is 184 Å². The minimum Gasteiger partial charge on any atom is -0.497 e. The molecule has 1 aliphatic rings. The standard InChI is InChI=1S/C22H22N6O4/c1-32-15-8-6-14(7-9-15)22-25-18(26-27-22)12-23-19(29)10-11-21(31)28-13-20(30)24-16-4-2-3-5-17(16)28/h2-9H,10-13H2,1H3,(H,23,29)(H,24,30)(H,25,26,27). The summed E-state index contributed by atoms with van der Waals surface area (Å²) in [7, 11) is 1.60. The molecule has 164 valence electrons. The van der Waals surface area contributed by atoms with E-state index in [0.717, 1.165) is 11.3 Å². The number of carbonyl (C=O) groups is 3. The second kappa shape index (κ2) is 9.29. The third-order valence-corrected chi connectivity index (χ3v) is 4.97. The highest BCUT2D eigenvalue weighted by Gasteiger charge is 2.26. The van der Waals surface area contributed by atoms with E-state index >= 15 is 0 Å². The number of H-pyrrole nitrogens is 1. The Kier molecular flexibility index (Phi) is 6.11. The molecule has 4 rings (SSSR count). The molecule has 3 amide bonds. The molecule has 0 fully saturated rings. The fourth-order valence-corrected chi connectivity index (χ4v) is 3.33. The monoisotopic (exact) mass is 434 g/mol. The summed E-state index contributed by atoms with van der Waals surface area (Å²) in [6, 6.07) is 14.4. The lowest BCUT2D eigenvalue weighted by molar-refractivity contribution is -0.125. The number of hydrogen-bond acceptors (Lipinski definition) is 6. The first-order valence-electron chi connectivity index (χ1n) is 10.0. The molecule has 1 aliphatic heterocycles. The van der Waals surface area contributed by atoms with E-state index in [2.05, 4.69) is 25.8 Å². The van der Waals surface area contributed by atoms with Gasteiger partial charge in [0, 0.05) is 18.4 Å². The number of aromatic nitrogens is 3. The van der Waals surface area contributed by atoms with Crippen LogP contribution in [-0.2, 0) is 20.9 Å². The van der Waals surface area contributed by atoms with Crippen molar-refractivity contribution in [3.05, 3.63) is 54.4 Å². The lowest BCUT2D eigenvalue weighted by Crippen LogP contribution is -2.42. The van der Waals surface area contributed by atoms with Crippen molar-refractivity contribution >= 4 is 29.1 Å². The van der Waals surface area contributed by atoms with Gasteiger partial charge in [-0.2, -0.15) is 5.10 Å². The van der Waals surface area contributed by atoms with E-state index in [-0.39, 0.29) is 43.7 Å². The molecule has 0 aliphatic carbocycles. The number of aromatic amines is 1. The molecule has 3 N–H and O–H groups in total. The lowest BCUT2D eigenvalue weighted by Gasteiger charge is -2.29. The summed E-state index contributed by atoms with van der Waals surface area (Å²) in [6.45, 7) is 0.0921. The number of carbonyl (C=O) groups excluding carboxylic acids is 3. The predicted octanol–water partition coefficient (Wildman–Crippen LogP) is 1.86. The zero-order chi connectivity index (χ0) is 22.5. The largest absolute Gasteiger partial charge is 0.497 e. The number of amides is 3. The summed E-state index contributed by atoms with van der Waals surface area (Å²) >= 11 is 0. The molecule has 10 heteroatoms. The van der Waals surface area contributed by atoms with Crippen LogP contribution >= 0.6 is 0 Å². The van der Waals surface area contributed by atoms with E-state index in [4.69, 9.17) is 4.74 Å². The van der Waals surface area contributed by atoms with Crippen LogP contribution in [0.4, 0.5) is 11.4 Å². The van der Waals surface area contributed by atoms with Crippen molar-refractivity contribution in [1.82, 2.24) is 20.5 Å². The van der Waals surface area contributed by atoms with E-state index in [1.807, 2.05) is 24.3 Å². The van der Waals surface area contributed by atoms with Gasteiger partial charge < -0.3 is 20.3 Å². The van der Waals surface area contributed by atoms with Gasteiger partial charge in [-0.1, -0.05) is 12.1 Å². The van der Waals surface area contributed by atoms with Gasteiger partial charge in [0.1, 0.15) is 18.1 Å². The van der Waals surface area contributed by atoms with Gasteiger partial charge in [-0.15, -0.1) is 0 Å². The Morgan fingerprint density at radius 3 is 2.69 bits per heavy atom. The SMILES string of the molecule is COc1ccc(-c2n[nH]c(CNC(=O)CCC(=O)N3CC(=O)Nc4ccccc43)n2)cc1. The van der Waals surface area contributed by atoms with Crippen molar-refractivity contribution in [1.29, 1.82) is 0 Å². The fraction of sp³-hybridized carbons (Fsp3) is 0.227. The summed E-state index contributed by atoms with van der Waals surface area (Å²) in [4.78, 5) is 42.5. The highest BCUT2D eigenvalue weighted by Crippen LogP contribution is 2.29. The maximum absolute atomic E-state index is 12.6. The molecule has 0 atom stereocenters. The minimum absolute atomic E-state index is 0.00140. The first-order valence-corrected chi connectivity index (χ1v) is 10.0. The van der Waals surface area contributed by atoms with Crippen molar-refractivity contribution in [2.45, 2.75) is 19.4 Å². The third-order valence-electron chi connectivity index (χ3n) is 4.97. The van der Waals surface area contributed by atoms with E-state index in [0.29, 0.717) is 23.0 Å². The number of nitrogens with zero attached hydrogens (tertiary/aromatic N) is 3. The topological polar surface area (TPSA) is 129 Å². The molecular weight excluding hydrogens is 412 g/mol. The first-order chi connectivity index (χ1) is 15.5. The number of benzene rings is 2. The van der Waals surface area contributed by atoms with Gasteiger partial charge in [-0.05, 0) is 36.4 Å². The molecule has 0 saturated carbocycles. The Bertz CT molecular complexity index is 1140. The Hall–Kier alpha value is -4.21. The van der Waals surface area contributed by atoms with Gasteiger partial charge in [0.25, 0.3) is 0 Å². The molecule has 1 aromatic heterocycles. The first kappa shape index (κ1) is 21.0. The molecule has 10 nitrogen and oxygen atoms in total. The van der Waals surface area contributed by atoms with Crippen LogP contribution in [0.2, 0.25) is 0 Å². The molecule has 0 saturated heterocycles. The molecular formula is C22H22N6O4. The third kappa shape index (κ3) is 4.75. The number of rotatable bonds is 7. The van der Waals surface area contributed by atoms with Crippen LogP contribution in [0.15, 0.2) is 48.5 Å². The Morgan fingerprint density at radius 2 is 1.91 bits per heavy atom. The van der Waals surface area contributed by atoms with Crippen LogP contribution < -0.4 is 20.3 Å². The van der Waals surface area contributed by atoms with Crippen molar-refractivity contribution in [3.8, 4) is 17.1 Å². The maximum Gasteiger partial charge on any atom is 0.244 e. The van der Waals surface area contributed by atoms with Crippen molar-refractivity contribution in [2.24, 2.45) is 0 Å². The number of para-hydroxylation sites is 2. The van der Waals surface area contributed by atoms with Crippen molar-refractivity contribution < 1.29 is 19.1 Å². The van der Waals surface area contributed by atoms with Gasteiger partial charge in [-0.25, -0.2) is 4.98 Å². The number of nitrogens with one attached hydrogen (secondary N) is 3. The van der Waals surface area contributed by atoms with E-state index in [1.165, 1.54) is 4.90 Å². The van der Waals surface area contributed by atoms with Crippen molar-refractivity contribution in [3.63, 3.8) is 0 Å². The number of methoxy groups -OCH3 is 1. The van der Waals surface area contributed by atoms with Gasteiger partial charge in [0.2, 0.25) is 17.7 Å².